The lowest BCUT2D eigenvalue weighted by Gasteiger charge is -2.17. The molecule has 1 aromatic heterocycles. The predicted molar refractivity (Wildman–Crippen MR) is 89.3 cm³/mol. The molecule has 1 heterocycles. The summed E-state index contributed by atoms with van der Waals surface area (Å²) in [5, 5.41) is 12.3. The molecule has 3 rings (SSSR count). The van der Waals surface area contributed by atoms with Gasteiger partial charge in [0.2, 0.25) is 5.13 Å². The Kier molecular flexibility index (Phi) is 4.94. The third-order valence-corrected chi connectivity index (χ3v) is 5.71. The zero-order chi connectivity index (χ0) is 15.4. The van der Waals surface area contributed by atoms with E-state index >= 15 is 0 Å². The Hall–Kier alpha value is -1.60. The molecule has 5 nitrogen and oxygen atoms in total. The molecule has 0 radical (unpaired) electrons. The third-order valence-electron chi connectivity index (χ3n) is 3.47. The van der Waals surface area contributed by atoms with Gasteiger partial charge in [0, 0.05) is 18.2 Å². The lowest BCUT2D eigenvalue weighted by molar-refractivity contribution is -0.119. The van der Waals surface area contributed by atoms with Crippen LogP contribution < -0.4 is 10.1 Å². The predicted octanol–water partition coefficient (Wildman–Crippen LogP) is 3.89. The Morgan fingerprint density at radius 1 is 1.36 bits per heavy atom. The number of thioether (sulfide) groups is 1. The molecular weight excluding hydrogens is 318 g/mol. The molecule has 7 heteroatoms. The summed E-state index contributed by atoms with van der Waals surface area (Å²) in [6, 6.07) is 7.65. The van der Waals surface area contributed by atoms with Crippen LogP contribution in [0.5, 0.6) is 5.75 Å². The van der Waals surface area contributed by atoms with E-state index in [-0.39, 0.29) is 5.25 Å². The summed E-state index contributed by atoms with van der Waals surface area (Å²) >= 11 is 3.02. The molecular formula is C15H17N3O2S2. The number of Topliss-reactive ketones (excluding diaryl/α,β-unsaturated/α-hetero) is 1. The fraction of sp³-hybridized carbons (Fsp3) is 0.400. The summed E-state index contributed by atoms with van der Waals surface area (Å²) in [5.74, 6) is 1.13. The van der Waals surface area contributed by atoms with Gasteiger partial charge in [-0.1, -0.05) is 35.6 Å². The van der Waals surface area contributed by atoms with Crippen LogP contribution in [0.3, 0.4) is 0 Å². The van der Waals surface area contributed by atoms with E-state index < -0.39 is 0 Å². The number of carbonyl (C=O) groups is 1. The van der Waals surface area contributed by atoms with E-state index in [0.29, 0.717) is 12.2 Å². The van der Waals surface area contributed by atoms with Crippen molar-refractivity contribution in [3.63, 3.8) is 0 Å². The first-order chi connectivity index (χ1) is 10.7. The molecule has 0 amide bonds. The number of hydrogen-bond donors (Lipinski definition) is 1. The number of methoxy groups -OCH3 is 1. The Morgan fingerprint density at radius 2 is 2.27 bits per heavy atom. The molecule has 1 aliphatic carbocycles. The molecule has 0 bridgehead atoms. The molecule has 1 atom stereocenters. The summed E-state index contributed by atoms with van der Waals surface area (Å²) in [6.07, 6.45) is 3.79. The average Bonchev–Trinajstić information content (AvgIpc) is 2.97. The number of hydrogen-bond acceptors (Lipinski definition) is 7. The minimum atomic E-state index is 0.0476. The molecule has 1 aromatic carbocycles. The van der Waals surface area contributed by atoms with Crippen LogP contribution in [-0.2, 0) is 4.79 Å². The molecule has 0 saturated heterocycles. The Labute approximate surface area is 137 Å². The maximum atomic E-state index is 11.9. The van der Waals surface area contributed by atoms with Crippen LogP contribution in [0.1, 0.15) is 25.7 Å². The first kappa shape index (κ1) is 15.3. The number of benzene rings is 1. The van der Waals surface area contributed by atoms with Crippen molar-refractivity contribution in [3.05, 3.63) is 24.3 Å². The second kappa shape index (κ2) is 7.11. The summed E-state index contributed by atoms with van der Waals surface area (Å²) in [7, 11) is 1.64. The van der Waals surface area contributed by atoms with Gasteiger partial charge in [-0.15, -0.1) is 10.2 Å². The number of nitrogens with zero attached hydrogens (tertiary/aromatic N) is 2. The molecule has 1 fully saturated rings. The maximum absolute atomic E-state index is 11.9. The molecule has 1 N–H and O–H groups in total. The second-order valence-electron chi connectivity index (χ2n) is 5.05. The molecule has 0 aliphatic heterocycles. The van der Waals surface area contributed by atoms with Crippen molar-refractivity contribution in [3.8, 4) is 5.75 Å². The molecule has 1 saturated carbocycles. The third kappa shape index (κ3) is 3.78. The number of aromatic nitrogens is 2. The van der Waals surface area contributed by atoms with Gasteiger partial charge < -0.3 is 10.1 Å². The van der Waals surface area contributed by atoms with E-state index in [9.17, 15) is 4.79 Å². The summed E-state index contributed by atoms with van der Waals surface area (Å²) in [5.41, 5.74) is 0.904. The minimum Gasteiger partial charge on any atom is -0.497 e. The number of ether oxygens (including phenoxy) is 1. The van der Waals surface area contributed by atoms with Gasteiger partial charge in [-0.2, -0.15) is 0 Å². The molecule has 22 heavy (non-hydrogen) atoms. The molecule has 0 spiro atoms. The van der Waals surface area contributed by atoms with Gasteiger partial charge in [-0.05, 0) is 25.0 Å². The summed E-state index contributed by atoms with van der Waals surface area (Å²) < 4.78 is 6.03. The lowest BCUT2D eigenvalue weighted by Crippen LogP contribution is -2.21. The van der Waals surface area contributed by atoms with Crippen LogP contribution >= 0.6 is 23.1 Å². The second-order valence-corrected chi connectivity index (χ2v) is 7.48. The van der Waals surface area contributed by atoms with Gasteiger partial charge in [0.05, 0.1) is 12.4 Å². The fourth-order valence-corrected chi connectivity index (χ4v) is 4.47. The van der Waals surface area contributed by atoms with Crippen LogP contribution in [0.4, 0.5) is 10.8 Å². The van der Waals surface area contributed by atoms with Crippen molar-refractivity contribution in [1.82, 2.24) is 10.2 Å². The number of carbonyl (C=O) groups excluding carboxylic acids is 1. The van der Waals surface area contributed by atoms with E-state index in [1.807, 2.05) is 24.3 Å². The Balaban J connectivity index is 1.64. The van der Waals surface area contributed by atoms with Crippen LogP contribution in [0.25, 0.3) is 0 Å². The van der Waals surface area contributed by atoms with Gasteiger partial charge in [0.1, 0.15) is 11.5 Å². The standard InChI is InChI=1S/C15H17N3O2S2/c1-20-11-6-4-5-10(9-11)16-14-17-18-15(22-14)21-13-8-3-2-7-12(13)19/h4-6,9,13H,2-3,7-8H2,1H3,(H,16,17)/t13-/m1/s1. The van der Waals surface area contributed by atoms with E-state index in [1.165, 1.54) is 11.3 Å². The van der Waals surface area contributed by atoms with Gasteiger partial charge >= 0.3 is 0 Å². The molecule has 0 unspecified atom stereocenters. The van der Waals surface area contributed by atoms with Crippen molar-refractivity contribution in [2.75, 3.05) is 12.4 Å². The number of anilines is 2. The first-order valence-electron chi connectivity index (χ1n) is 7.18. The number of nitrogens with one attached hydrogen (secondary N) is 1. The van der Waals surface area contributed by atoms with Crippen molar-refractivity contribution < 1.29 is 9.53 Å². The first-order valence-corrected chi connectivity index (χ1v) is 8.88. The van der Waals surface area contributed by atoms with E-state index in [4.69, 9.17) is 4.74 Å². The van der Waals surface area contributed by atoms with Crippen LogP contribution in [-0.4, -0.2) is 28.3 Å². The van der Waals surface area contributed by atoms with E-state index in [0.717, 1.165) is 40.2 Å². The van der Waals surface area contributed by atoms with Crippen molar-refractivity contribution in [2.24, 2.45) is 0 Å². The normalized spacial score (nSPS) is 18.2. The van der Waals surface area contributed by atoms with Crippen molar-refractivity contribution >= 4 is 39.7 Å². The van der Waals surface area contributed by atoms with Gasteiger partial charge in [0.25, 0.3) is 0 Å². The maximum Gasteiger partial charge on any atom is 0.210 e. The van der Waals surface area contributed by atoms with E-state index in [1.54, 1.807) is 18.9 Å². The highest BCUT2D eigenvalue weighted by Crippen LogP contribution is 2.35. The van der Waals surface area contributed by atoms with Crippen molar-refractivity contribution in [1.29, 1.82) is 0 Å². The average molecular weight is 335 g/mol. The number of rotatable bonds is 5. The SMILES string of the molecule is COc1cccc(Nc2nnc(S[C@@H]3CCCCC3=O)s2)c1. The molecule has 116 valence electrons. The fourth-order valence-electron chi connectivity index (χ4n) is 2.33. The van der Waals surface area contributed by atoms with Crippen molar-refractivity contribution in [2.45, 2.75) is 35.3 Å². The highest BCUT2D eigenvalue weighted by molar-refractivity contribution is 8.02. The quantitative estimate of drug-likeness (QED) is 0.894. The largest absolute Gasteiger partial charge is 0.497 e. The molecule has 2 aromatic rings. The Bertz CT molecular complexity index is 660. The lowest BCUT2D eigenvalue weighted by atomic mass is 9.99. The highest BCUT2D eigenvalue weighted by Gasteiger charge is 2.24. The molecule has 1 aliphatic rings. The van der Waals surface area contributed by atoms with Crippen LogP contribution in [0.2, 0.25) is 0 Å². The van der Waals surface area contributed by atoms with Crippen LogP contribution in [0.15, 0.2) is 28.6 Å². The topological polar surface area (TPSA) is 64.1 Å². The van der Waals surface area contributed by atoms with Gasteiger partial charge in [-0.25, -0.2) is 0 Å². The summed E-state index contributed by atoms with van der Waals surface area (Å²) in [4.78, 5) is 11.9. The minimum absolute atomic E-state index is 0.0476. The van der Waals surface area contributed by atoms with E-state index in [2.05, 4.69) is 15.5 Å². The smallest absolute Gasteiger partial charge is 0.210 e. The monoisotopic (exact) mass is 335 g/mol. The van der Waals surface area contributed by atoms with Crippen LogP contribution in [0, 0.1) is 0 Å². The zero-order valence-corrected chi connectivity index (χ0v) is 13.9. The number of ketones is 1. The Morgan fingerprint density at radius 3 is 3.09 bits per heavy atom. The highest BCUT2D eigenvalue weighted by atomic mass is 32.2. The van der Waals surface area contributed by atoms with Gasteiger partial charge in [0.15, 0.2) is 4.34 Å². The summed E-state index contributed by atoms with van der Waals surface area (Å²) in [6.45, 7) is 0. The van der Waals surface area contributed by atoms with Gasteiger partial charge in [-0.3, -0.25) is 4.79 Å². The zero-order valence-electron chi connectivity index (χ0n) is 12.2.